The summed E-state index contributed by atoms with van der Waals surface area (Å²) in [5.41, 5.74) is 1.95. The SMILES string of the molecule is O=C(N1CCN(c2ccccc2)CC1)C1(c2ccccc2)CCOCC1. The van der Waals surface area contributed by atoms with E-state index in [4.69, 9.17) is 4.74 Å². The Labute approximate surface area is 155 Å². The second-order valence-corrected chi connectivity index (χ2v) is 7.18. The number of carbonyl (C=O) groups is 1. The van der Waals surface area contributed by atoms with Crippen molar-refractivity contribution in [3.63, 3.8) is 0 Å². The van der Waals surface area contributed by atoms with E-state index in [0.717, 1.165) is 44.6 Å². The quantitative estimate of drug-likeness (QED) is 0.853. The number of benzene rings is 2. The summed E-state index contributed by atoms with van der Waals surface area (Å²) in [6.07, 6.45) is 1.55. The lowest BCUT2D eigenvalue weighted by molar-refractivity contribution is -0.141. The molecule has 0 bridgehead atoms. The maximum absolute atomic E-state index is 13.6. The van der Waals surface area contributed by atoms with Gasteiger partial charge in [0.25, 0.3) is 0 Å². The van der Waals surface area contributed by atoms with E-state index in [-0.39, 0.29) is 5.91 Å². The predicted octanol–water partition coefficient (Wildman–Crippen LogP) is 3.08. The molecule has 2 aromatic rings. The molecule has 136 valence electrons. The number of amides is 1. The van der Waals surface area contributed by atoms with E-state index in [9.17, 15) is 4.79 Å². The molecular weight excluding hydrogens is 324 g/mol. The van der Waals surface area contributed by atoms with Gasteiger partial charge in [-0.2, -0.15) is 0 Å². The van der Waals surface area contributed by atoms with Gasteiger partial charge >= 0.3 is 0 Å². The molecule has 0 unspecified atom stereocenters. The number of rotatable bonds is 3. The number of piperazine rings is 1. The van der Waals surface area contributed by atoms with Crippen LogP contribution in [0.3, 0.4) is 0 Å². The molecule has 0 N–H and O–H groups in total. The van der Waals surface area contributed by atoms with Gasteiger partial charge in [-0.05, 0) is 30.5 Å². The standard InChI is InChI=1S/C22H26N2O2/c25-21(22(11-17-26-18-12-22)19-7-3-1-4-8-19)24-15-13-23(14-16-24)20-9-5-2-6-10-20/h1-10H,11-18H2. The molecular formula is C22H26N2O2. The first-order valence-electron chi connectivity index (χ1n) is 9.52. The van der Waals surface area contributed by atoms with Crippen LogP contribution in [0.1, 0.15) is 18.4 Å². The molecule has 0 aliphatic carbocycles. The van der Waals surface area contributed by atoms with E-state index in [2.05, 4.69) is 46.2 Å². The van der Waals surface area contributed by atoms with Crippen molar-refractivity contribution in [1.29, 1.82) is 0 Å². The Morgan fingerprint density at radius 3 is 2.00 bits per heavy atom. The third-order valence-corrected chi connectivity index (χ3v) is 5.77. The summed E-state index contributed by atoms with van der Waals surface area (Å²) in [4.78, 5) is 18.0. The van der Waals surface area contributed by atoms with Gasteiger partial charge in [0, 0.05) is 45.1 Å². The summed E-state index contributed by atoms with van der Waals surface area (Å²) in [6.45, 7) is 4.65. The summed E-state index contributed by atoms with van der Waals surface area (Å²) >= 11 is 0. The second kappa shape index (κ2) is 7.50. The van der Waals surface area contributed by atoms with Crippen LogP contribution in [0.25, 0.3) is 0 Å². The Bertz CT molecular complexity index is 718. The number of carbonyl (C=O) groups excluding carboxylic acids is 1. The van der Waals surface area contributed by atoms with E-state index < -0.39 is 5.41 Å². The lowest BCUT2D eigenvalue weighted by Gasteiger charge is -2.43. The van der Waals surface area contributed by atoms with Crippen molar-refractivity contribution < 1.29 is 9.53 Å². The van der Waals surface area contributed by atoms with Crippen molar-refractivity contribution in [2.45, 2.75) is 18.3 Å². The van der Waals surface area contributed by atoms with E-state index in [0.29, 0.717) is 13.2 Å². The first-order valence-corrected chi connectivity index (χ1v) is 9.52. The Hall–Kier alpha value is -2.33. The summed E-state index contributed by atoms with van der Waals surface area (Å²) in [7, 11) is 0. The first-order chi connectivity index (χ1) is 12.8. The number of hydrogen-bond donors (Lipinski definition) is 0. The number of para-hydroxylation sites is 1. The maximum atomic E-state index is 13.6. The van der Waals surface area contributed by atoms with Crippen LogP contribution in [0.5, 0.6) is 0 Å². The van der Waals surface area contributed by atoms with Crippen molar-refractivity contribution in [2.24, 2.45) is 0 Å². The van der Waals surface area contributed by atoms with Crippen LogP contribution in [0.4, 0.5) is 5.69 Å². The molecule has 0 spiro atoms. The fourth-order valence-electron chi connectivity index (χ4n) is 4.21. The van der Waals surface area contributed by atoms with Gasteiger partial charge in [0.1, 0.15) is 0 Å². The number of nitrogens with zero attached hydrogens (tertiary/aromatic N) is 2. The second-order valence-electron chi connectivity index (χ2n) is 7.18. The van der Waals surface area contributed by atoms with Crippen LogP contribution in [-0.2, 0) is 14.9 Å². The van der Waals surface area contributed by atoms with Gasteiger partial charge in [-0.15, -0.1) is 0 Å². The molecule has 2 aliphatic heterocycles. The van der Waals surface area contributed by atoms with Crippen molar-refractivity contribution in [2.75, 3.05) is 44.3 Å². The molecule has 0 saturated carbocycles. The molecule has 4 rings (SSSR count). The summed E-state index contributed by atoms with van der Waals surface area (Å²) < 4.78 is 5.58. The van der Waals surface area contributed by atoms with E-state index >= 15 is 0 Å². The number of hydrogen-bond acceptors (Lipinski definition) is 3. The van der Waals surface area contributed by atoms with Gasteiger partial charge < -0.3 is 14.5 Å². The van der Waals surface area contributed by atoms with Gasteiger partial charge in [-0.3, -0.25) is 4.79 Å². The molecule has 0 radical (unpaired) electrons. The summed E-state index contributed by atoms with van der Waals surface area (Å²) in [5, 5.41) is 0. The van der Waals surface area contributed by atoms with Crippen molar-refractivity contribution >= 4 is 11.6 Å². The molecule has 0 aromatic heterocycles. The average Bonchev–Trinajstić information content (AvgIpc) is 2.75. The Balaban J connectivity index is 1.51. The van der Waals surface area contributed by atoms with Gasteiger partial charge in [0.15, 0.2) is 0 Å². The lowest BCUT2D eigenvalue weighted by atomic mass is 9.73. The summed E-state index contributed by atoms with van der Waals surface area (Å²) in [5.74, 6) is 0.278. The molecule has 26 heavy (non-hydrogen) atoms. The van der Waals surface area contributed by atoms with Crippen LogP contribution < -0.4 is 4.90 Å². The van der Waals surface area contributed by atoms with Crippen molar-refractivity contribution in [3.05, 3.63) is 66.2 Å². The predicted molar refractivity (Wildman–Crippen MR) is 103 cm³/mol. The van der Waals surface area contributed by atoms with Gasteiger partial charge in [-0.25, -0.2) is 0 Å². The minimum atomic E-state index is -0.422. The zero-order chi connectivity index (χ0) is 17.8. The normalized spacial score (nSPS) is 20.0. The van der Waals surface area contributed by atoms with Gasteiger partial charge in [0.2, 0.25) is 5.91 Å². The fourth-order valence-corrected chi connectivity index (χ4v) is 4.21. The van der Waals surface area contributed by atoms with E-state index in [1.165, 1.54) is 5.69 Å². The topological polar surface area (TPSA) is 32.8 Å². The Morgan fingerprint density at radius 1 is 0.808 bits per heavy atom. The third-order valence-electron chi connectivity index (χ3n) is 5.77. The third kappa shape index (κ3) is 3.21. The number of ether oxygens (including phenoxy) is 1. The van der Waals surface area contributed by atoms with E-state index in [1.807, 2.05) is 24.3 Å². The van der Waals surface area contributed by atoms with Crippen LogP contribution >= 0.6 is 0 Å². The minimum Gasteiger partial charge on any atom is -0.381 e. The molecule has 4 nitrogen and oxygen atoms in total. The molecule has 4 heteroatoms. The maximum Gasteiger partial charge on any atom is 0.233 e. The smallest absolute Gasteiger partial charge is 0.233 e. The first kappa shape index (κ1) is 17.1. The average molecular weight is 350 g/mol. The van der Waals surface area contributed by atoms with Crippen LogP contribution in [0.2, 0.25) is 0 Å². The highest BCUT2D eigenvalue weighted by Gasteiger charge is 2.44. The zero-order valence-corrected chi connectivity index (χ0v) is 15.1. The van der Waals surface area contributed by atoms with Crippen LogP contribution in [0.15, 0.2) is 60.7 Å². The molecule has 2 heterocycles. The molecule has 2 saturated heterocycles. The van der Waals surface area contributed by atoms with Gasteiger partial charge in [0.05, 0.1) is 5.41 Å². The highest BCUT2D eigenvalue weighted by Crippen LogP contribution is 2.37. The molecule has 1 amide bonds. The lowest BCUT2D eigenvalue weighted by Crippen LogP contribution is -2.56. The Morgan fingerprint density at radius 2 is 1.38 bits per heavy atom. The van der Waals surface area contributed by atoms with Crippen molar-refractivity contribution in [1.82, 2.24) is 4.90 Å². The monoisotopic (exact) mass is 350 g/mol. The molecule has 2 aromatic carbocycles. The molecule has 0 atom stereocenters. The van der Waals surface area contributed by atoms with Crippen molar-refractivity contribution in [3.8, 4) is 0 Å². The molecule has 2 aliphatic rings. The van der Waals surface area contributed by atoms with Crippen LogP contribution in [-0.4, -0.2) is 50.2 Å². The minimum absolute atomic E-state index is 0.278. The molecule has 2 fully saturated rings. The summed E-state index contributed by atoms with van der Waals surface area (Å²) in [6, 6.07) is 20.7. The van der Waals surface area contributed by atoms with E-state index in [1.54, 1.807) is 0 Å². The van der Waals surface area contributed by atoms with Gasteiger partial charge in [-0.1, -0.05) is 48.5 Å². The Kier molecular flexibility index (Phi) is 4.93. The highest BCUT2D eigenvalue weighted by molar-refractivity contribution is 5.88. The highest BCUT2D eigenvalue weighted by atomic mass is 16.5. The zero-order valence-electron chi connectivity index (χ0n) is 15.1. The number of anilines is 1. The van der Waals surface area contributed by atoms with Crippen LogP contribution in [0, 0.1) is 0 Å². The largest absolute Gasteiger partial charge is 0.381 e. The fraction of sp³-hybridized carbons (Fsp3) is 0.409.